The fraction of sp³-hybridized carbons (Fsp3) is 0.900. The smallest absolute Gasteiger partial charge is 0.458 e. The second kappa shape index (κ2) is 7.78. The molecule has 6 heteroatoms. The lowest BCUT2D eigenvalue weighted by Gasteiger charge is -2.31. The Morgan fingerprint density at radius 3 is 1.94 bits per heavy atom. The highest BCUT2D eigenvalue weighted by atomic mass is 28.4. The summed E-state index contributed by atoms with van der Waals surface area (Å²) in [7, 11) is 1.65. The average Bonchev–Trinajstić information content (AvgIpc) is 2.30. The highest BCUT2D eigenvalue weighted by molar-refractivity contribution is 6.62. The maximum absolute atomic E-state index is 11.4. The van der Waals surface area contributed by atoms with Gasteiger partial charge >= 0.3 is 14.8 Å². The molecule has 16 heavy (non-hydrogen) atoms. The van der Waals surface area contributed by atoms with Gasteiger partial charge < -0.3 is 18.0 Å². The summed E-state index contributed by atoms with van der Waals surface area (Å²) < 4.78 is 21.2. The van der Waals surface area contributed by atoms with Gasteiger partial charge in [-0.3, -0.25) is 4.79 Å². The molecule has 0 aromatic heterocycles. The summed E-state index contributed by atoms with van der Waals surface area (Å²) in [5, 5.41) is 0. The van der Waals surface area contributed by atoms with E-state index < -0.39 is 14.5 Å². The van der Waals surface area contributed by atoms with Crippen LogP contribution in [0.2, 0.25) is 0 Å². The molecule has 0 aromatic carbocycles. The van der Waals surface area contributed by atoms with Gasteiger partial charge in [0.25, 0.3) is 0 Å². The first-order valence-corrected chi connectivity index (χ1v) is 7.25. The van der Waals surface area contributed by atoms with Crippen LogP contribution in [0.5, 0.6) is 0 Å². The maximum Gasteiger partial charge on any atom is 0.543 e. The van der Waals surface area contributed by atoms with E-state index in [9.17, 15) is 4.79 Å². The summed E-state index contributed by atoms with van der Waals surface area (Å²) in [6, 6.07) is 0. The van der Waals surface area contributed by atoms with Crippen LogP contribution in [-0.4, -0.2) is 41.8 Å². The lowest BCUT2D eigenvalue weighted by Crippen LogP contribution is -2.55. The number of hydrogen-bond donors (Lipinski definition) is 0. The zero-order chi connectivity index (χ0) is 12.6. The van der Waals surface area contributed by atoms with Crippen LogP contribution in [0.1, 0.15) is 33.1 Å². The second-order valence-electron chi connectivity index (χ2n) is 3.35. The zero-order valence-electron chi connectivity index (χ0n) is 10.7. The van der Waals surface area contributed by atoms with Crippen molar-refractivity contribution in [3.63, 3.8) is 0 Å². The van der Waals surface area contributed by atoms with Gasteiger partial charge in [-0.15, -0.1) is 0 Å². The Morgan fingerprint density at radius 2 is 1.62 bits per heavy atom. The van der Waals surface area contributed by atoms with Crippen LogP contribution in [0, 0.1) is 0 Å². The molecule has 1 unspecified atom stereocenters. The Kier molecular flexibility index (Phi) is 7.57. The van der Waals surface area contributed by atoms with Crippen molar-refractivity contribution in [2.24, 2.45) is 0 Å². The van der Waals surface area contributed by atoms with Crippen LogP contribution >= 0.6 is 0 Å². The van der Waals surface area contributed by atoms with Crippen LogP contribution in [-0.2, 0) is 22.8 Å². The van der Waals surface area contributed by atoms with E-state index in [0.717, 1.165) is 6.42 Å². The molecule has 0 amide bonds. The van der Waals surface area contributed by atoms with E-state index in [1.54, 1.807) is 0 Å². The first-order chi connectivity index (χ1) is 7.60. The quantitative estimate of drug-likeness (QED) is 0.483. The van der Waals surface area contributed by atoms with Crippen molar-refractivity contribution in [3.8, 4) is 0 Å². The number of rotatable bonds is 8. The average molecular weight is 250 g/mol. The van der Waals surface area contributed by atoms with Crippen LogP contribution in [0.25, 0.3) is 0 Å². The molecule has 0 aliphatic heterocycles. The molecule has 0 saturated carbocycles. The SMILES string of the molecule is CCCC(=O)OC(CC)[Si](OC)(OC)OC. The van der Waals surface area contributed by atoms with Gasteiger partial charge in [-0.2, -0.15) is 0 Å². The fourth-order valence-electron chi connectivity index (χ4n) is 1.47. The fourth-order valence-corrected chi connectivity index (χ4v) is 3.54. The van der Waals surface area contributed by atoms with Gasteiger partial charge in [-0.25, -0.2) is 0 Å². The minimum absolute atomic E-state index is 0.239. The van der Waals surface area contributed by atoms with Crippen molar-refractivity contribution >= 4 is 14.8 Å². The van der Waals surface area contributed by atoms with E-state index in [4.69, 9.17) is 18.0 Å². The molecule has 0 aliphatic carbocycles. The standard InChI is InChI=1S/C10H22O5Si/c1-6-8-9(11)15-10(7-2)16(12-3,13-4)14-5/h10H,6-8H2,1-5H3. The first kappa shape index (κ1) is 15.6. The van der Waals surface area contributed by atoms with Crippen molar-refractivity contribution in [2.45, 2.75) is 38.8 Å². The largest absolute Gasteiger partial charge is 0.543 e. The molecule has 0 N–H and O–H groups in total. The zero-order valence-corrected chi connectivity index (χ0v) is 11.7. The van der Waals surface area contributed by atoms with Gasteiger partial charge in [0.1, 0.15) is 0 Å². The van der Waals surface area contributed by atoms with Gasteiger partial charge in [0.15, 0.2) is 5.73 Å². The molecule has 0 heterocycles. The van der Waals surface area contributed by atoms with Crippen LogP contribution in [0.4, 0.5) is 0 Å². The minimum atomic E-state index is -2.88. The second-order valence-corrected chi connectivity index (χ2v) is 6.43. The molecule has 0 fully saturated rings. The Morgan fingerprint density at radius 1 is 1.12 bits per heavy atom. The van der Waals surface area contributed by atoms with Crippen molar-refractivity contribution in [1.82, 2.24) is 0 Å². The number of ether oxygens (including phenoxy) is 1. The van der Waals surface area contributed by atoms with Gasteiger partial charge in [-0.05, 0) is 12.8 Å². The van der Waals surface area contributed by atoms with Crippen LogP contribution < -0.4 is 0 Å². The molecule has 96 valence electrons. The van der Waals surface area contributed by atoms with E-state index in [2.05, 4.69) is 0 Å². The summed E-state index contributed by atoms with van der Waals surface area (Å²) in [5.74, 6) is -0.239. The third-order valence-electron chi connectivity index (χ3n) is 2.35. The highest BCUT2D eigenvalue weighted by Crippen LogP contribution is 2.18. The summed E-state index contributed by atoms with van der Waals surface area (Å²) in [6.45, 7) is 3.83. The van der Waals surface area contributed by atoms with E-state index >= 15 is 0 Å². The van der Waals surface area contributed by atoms with Crippen LogP contribution in [0.15, 0.2) is 0 Å². The van der Waals surface area contributed by atoms with Crippen LogP contribution in [0.3, 0.4) is 0 Å². The third kappa shape index (κ3) is 3.86. The van der Waals surface area contributed by atoms with Gasteiger partial charge in [0, 0.05) is 27.8 Å². The number of carbonyl (C=O) groups is 1. The van der Waals surface area contributed by atoms with E-state index in [1.165, 1.54) is 21.3 Å². The maximum atomic E-state index is 11.4. The molecule has 1 atom stereocenters. The van der Waals surface area contributed by atoms with E-state index in [-0.39, 0.29) is 5.97 Å². The molecule has 0 saturated heterocycles. The minimum Gasteiger partial charge on any atom is -0.458 e. The monoisotopic (exact) mass is 250 g/mol. The summed E-state index contributed by atoms with van der Waals surface area (Å²) in [5.41, 5.74) is -0.438. The Balaban J connectivity index is 4.61. The lowest BCUT2D eigenvalue weighted by molar-refractivity contribution is -0.148. The Bertz CT molecular complexity index is 197. The summed E-state index contributed by atoms with van der Waals surface area (Å²) in [6.07, 6.45) is 1.77. The molecule has 0 spiro atoms. The molecule has 0 rings (SSSR count). The van der Waals surface area contributed by atoms with Gasteiger partial charge in [-0.1, -0.05) is 13.8 Å². The lowest BCUT2D eigenvalue weighted by atomic mass is 10.3. The number of esters is 1. The molecule has 0 aromatic rings. The summed E-state index contributed by atoms with van der Waals surface area (Å²) in [4.78, 5) is 11.4. The third-order valence-corrected chi connectivity index (χ3v) is 5.37. The first-order valence-electron chi connectivity index (χ1n) is 5.45. The van der Waals surface area contributed by atoms with E-state index in [0.29, 0.717) is 12.8 Å². The van der Waals surface area contributed by atoms with E-state index in [1.807, 2.05) is 13.8 Å². The highest BCUT2D eigenvalue weighted by Gasteiger charge is 2.49. The normalized spacial score (nSPS) is 13.6. The van der Waals surface area contributed by atoms with Crippen molar-refractivity contribution in [3.05, 3.63) is 0 Å². The van der Waals surface area contributed by atoms with Gasteiger partial charge in [0.05, 0.1) is 0 Å². The summed E-state index contributed by atoms with van der Waals surface area (Å²) >= 11 is 0. The van der Waals surface area contributed by atoms with Crippen molar-refractivity contribution in [2.75, 3.05) is 21.3 Å². The van der Waals surface area contributed by atoms with Crippen molar-refractivity contribution < 1.29 is 22.8 Å². The molecule has 5 nitrogen and oxygen atoms in total. The predicted octanol–water partition coefficient (Wildman–Crippen LogP) is 1.53. The predicted molar refractivity (Wildman–Crippen MR) is 61.9 cm³/mol. The molecular weight excluding hydrogens is 228 g/mol. The molecule has 0 aliphatic rings. The topological polar surface area (TPSA) is 54.0 Å². The number of hydrogen-bond acceptors (Lipinski definition) is 5. The molecular formula is C10H22O5Si. The number of carbonyl (C=O) groups excluding carboxylic acids is 1. The molecule has 0 radical (unpaired) electrons. The Labute approximate surface area is 98.4 Å². The van der Waals surface area contributed by atoms with Crippen molar-refractivity contribution in [1.29, 1.82) is 0 Å². The van der Waals surface area contributed by atoms with Gasteiger partial charge in [0.2, 0.25) is 0 Å². The Hall–Kier alpha value is -0.433. The molecule has 0 bridgehead atoms.